The van der Waals surface area contributed by atoms with E-state index in [4.69, 9.17) is 10.5 Å². The molecule has 2 rings (SSSR count). The van der Waals surface area contributed by atoms with Crippen LogP contribution in [0.4, 0.5) is 5.13 Å². The van der Waals surface area contributed by atoms with Gasteiger partial charge < -0.3 is 15.8 Å². The van der Waals surface area contributed by atoms with Gasteiger partial charge in [-0.15, -0.1) is 11.3 Å². The number of rotatable bonds is 6. The fraction of sp³-hybridized carbons (Fsp3) is 0.600. The van der Waals surface area contributed by atoms with Crippen LogP contribution in [0.3, 0.4) is 0 Å². The van der Waals surface area contributed by atoms with Crippen molar-refractivity contribution in [1.82, 2.24) is 10.3 Å². The number of carbonyl (C=O) groups excluding carboxylic acids is 1. The number of nitrogens with zero attached hydrogens (tertiary/aromatic N) is 1. The molecule has 3 N–H and O–H groups in total. The number of nitrogen functional groups attached to an aromatic ring is 1. The second kappa shape index (κ2) is 5.27. The normalized spacial score (nSPS) is 15.0. The molecule has 5 nitrogen and oxygen atoms in total. The van der Waals surface area contributed by atoms with E-state index in [2.05, 4.69) is 10.3 Å². The highest BCUT2D eigenvalue weighted by atomic mass is 32.1. The summed E-state index contributed by atoms with van der Waals surface area (Å²) in [5, 5.41) is 4.79. The molecule has 0 spiro atoms. The van der Waals surface area contributed by atoms with Crippen LogP contribution in [0.25, 0.3) is 0 Å². The first-order valence-electron chi connectivity index (χ1n) is 5.32. The van der Waals surface area contributed by atoms with Gasteiger partial charge in [0.25, 0.3) is 5.91 Å². The van der Waals surface area contributed by atoms with Crippen LogP contribution in [0.1, 0.15) is 23.3 Å². The maximum absolute atomic E-state index is 11.5. The third kappa shape index (κ3) is 3.46. The molecule has 0 unspecified atom stereocenters. The van der Waals surface area contributed by atoms with Gasteiger partial charge in [-0.05, 0) is 18.8 Å². The van der Waals surface area contributed by atoms with Gasteiger partial charge in [-0.1, -0.05) is 0 Å². The van der Waals surface area contributed by atoms with Crippen molar-refractivity contribution in [2.75, 3.05) is 25.5 Å². The summed E-state index contributed by atoms with van der Waals surface area (Å²) in [6.45, 7) is 1.89. The summed E-state index contributed by atoms with van der Waals surface area (Å²) in [6.07, 6.45) is 2.56. The minimum absolute atomic E-state index is 0.192. The number of hydrogen-bond acceptors (Lipinski definition) is 5. The van der Waals surface area contributed by atoms with E-state index < -0.39 is 0 Å². The lowest BCUT2D eigenvalue weighted by atomic mass is 10.4. The Hall–Kier alpha value is -1.14. The van der Waals surface area contributed by atoms with E-state index in [1.165, 1.54) is 24.2 Å². The van der Waals surface area contributed by atoms with Crippen LogP contribution in [0, 0.1) is 5.92 Å². The first-order valence-corrected chi connectivity index (χ1v) is 6.20. The van der Waals surface area contributed by atoms with Crippen LogP contribution in [0.5, 0.6) is 0 Å². The molecule has 0 radical (unpaired) electrons. The van der Waals surface area contributed by atoms with Crippen molar-refractivity contribution >= 4 is 22.4 Å². The topological polar surface area (TPSA) is 77.2 Å². The molecule has 0 bridgehead atoms. The molecule has 1 aliphatic rings. The Kier molecular flexibility index (Phi) is 3.74. The molecule has 1 heterocycles. The van der Waals surface area contributed by atoms with Crippen molar-refractivity contribution < 1.29 is 9.53 Å². The Bertz CT molecular complexity index is 363. The number of carbonyl (C=O) groups is 1. The maximum Gasteiger partial charge on any atom is 0.270 e. The predicted octanol–water partition coefficient (Wildman–Crippen LogP) is 0.882. The summed E-state index contributed by atoms with van der Waals surface area (Å²) in [5.74, 6) is 0.567. The van der Waals surface area contributed by atoms with Crippen molar-refractivity contribution in [3.8, 4) is 0 Å². The highest BCUT2D eigenvalue weighted by Crippen LogP contribution is 2.28. The van der Waals surface area contributed by atoms with E-state index in [-0.39, 0.29) is 5.91 Å². The monoisotopic (exact) mass is 241 g/mol. The minimum Gasteiger partial charge on any atom is -0.379 e. The van der Waals surface area contributed by atoms with Crippen molar-refractivity contribution in [3.05, 3.63) is 11.1 Å². The number of thiazole rings is 1. The molecule has 1 aromatic rings. The summed E-state index contributed by atoms with van der Waals surface area (Å²) in [7, 11) is 0. The van der Waals surface area contributed by atoms with Crippen molar-refractivity contribution in [2.45, 2.75) is 12.8 Å². The summed E-state index contributed by atoms with van der Waals surface area (Å²) < 4.78 is 5.39. The number of amides is 1. The summed E-state index contributed by atoms with van der Waals surface area (Å²) in [4.78, 5) is 15.4. The number of nitrogens with two attached hydrogens (primary N) is 1. The first-order chi connectivity index (χ1) is 7.75. The number of anilines is 1. The molecule has 1 saturated carbocycles. The van der Waals surface area contributed by atoms with E-state index in [9.17, 15) is 4.79 Å². The Morgan fingerprint density at radius 2 is 2.50 bits per heavy atom. The van der Waals surface area contributed by atoms with Gasteiger partial charge in [0.1, 0.15) is 5.69 Å². The van der Waals surface area contributed by atoms with Crippen LogP contribution < -0.4 is 11.1 Å². The molecule has 1 aliphatic carbocycles. The fourth-order valence-corrected chi connectivity index (χ4v) is 1.80. The van der Waals surface area contributed by atoms with Crippen molar-refractivity contribution in [1.29, 1.82) is 0 Å². The van der Waals surface area contributed by atoms with Crippen LogP contribution in [0.2, 0.25) is 0 Å². The number of hydrogen-bond donors (Lipinski definition) is 2. The zero-order chi connectivity index (χ0) is 11.4. The van der Waals surface area contributed by atoms with Crippen LogP contribution in [0.15, 0.2) is 5.38 Å². The summed E-state index contributed by atoms with van der Waals surface area (Å²) >= 11 is 1.26. The lowest BCUT2D eigenvalue weighted by Crippen LogP contribution is -2.27. The molecule has 0 atom stereocenters. The molecule has 1 aromatic heterocycles. The van der Waals surface area contributed by atoms with Gasteiger partial charge in [-0.25, -0.2) is 4.98 Å². The van der Waals surface area contributed by atoms with Gasteiger partial charge in [0.15, 0.2) is 5.13 Å². The van der Waals surface area contributed by atoms with Crippen LogP contribution in [-0.2, 0) is 4.74 Å². The zero-order valence-corrected chi connectivity index (χ0v) is 9.76. The van der Waals surface area contributed by atoms with E-state index in [1.54, 1.807) is 5.38 Å². The number of nitrogens with one attached hydrogen (secondary N) is 1. The van der Waals surface area contributed by atoms with Crippen LogP contribution in [-0.4, -0.2) is 30.6 Å². The highest BCUT2D eigenvalue weighted by Gasteiger charge is 2.20. The second-order valence-corrected chi connectivity index (χ2v) is 4.73. The molecule has 0 aromatic carbocycles. The smallest absolute Gasteiger partial charge is 0.270 e. The Balaban J connectivity index is 1.59. The lowest BCUT2D eigenvalue weighted by molar-refractivity contribution is 0.0902. The Labute approximate surface area is 98.0 Å². The molecule has 16 heavy (non-hydrogen) atoms. The van der Waals surface area contributed by atoms with E-state index in [0.29, 0.717) is 24.0 Å². The summed E-state index contributed by atoms with van der Waals surface area (Å²) in [6, 6.07) is 0. The maximum atomic E-state index is 11.5. The van der Waals surface area contributed by atoms with Gasteiger partial charge in [-0.2, -0.15) is 0 Å². The van der Waals surface area contributed by atoms with Gasteiger partial charge in [-0.3, -0.25) is 4.79 Å². The number of ether oxygens (including phenoxy) is 1. The SMILES string of the molecule is Nc1nc(C(=O)NCCOCC2CC2)cs1. The van der Waals surface area contributed by atoms with Crippen molar-refractivity contribution in [3.63, 3.8) is 0 Å². The molecule has 6 heteroatoms. The molecule has 0 saturated heterocycles. The average molecular weight is 241 g/mol. The third-order valence-electron chi connectivity index (χ3n) is 2.34. The number of aromatic nitrogens is 1. The largest absolute Gasteiger partial charge is 0.379 e. The van der Waals surface area contributed by atoms with Gasteiger partial charge in [0.2, 0.25) is 0 Å². The first kappa shape index (κ1) is 11.3. The Morgan fingerprint density at radius 3 is 3.12 bits per heavy atom. The van der Waals surface area contributed by atoms with E-state index in [1.807, 2.05) is 0 Å². The lowest BCUT2D eigenvalue weighted by Gasteiger charge is -2.04. The molecular weight excluding hydrogens is 226 g/mol. The molecule has 1 fully saturated rings. The second-order valence-electron chi connectivity index (χ2n) is 3.85. The van der Waals surface area contributed by atoms with Crippen LogP contribution >= 0.6 is 11.3 Å². The van der Waals surface area contributed by atoms with Crippen molar-refractivity contribution in [2.24, 2.45) is 5.92 Å². The summed E-state index contributed by atoms with van der Waals surface area (Å²) in [5.41, 5.74) is 5.82. The standard InChI is InChI=1S/C10H15N3O2S/c11-10-13-8(6-16-10)9(14)12-3-4-15-5-7-1-2-7/h6-7H,1-5H2,(H2,11,13)(H,12,14). The van der Waals surface area contributed by atoms with E-state index >= 15 is 0 Å². The highest BCUT2D eigenvalue weighted by molar-refractivity contribution is 7.13. The quantitative estimate of drug-likeness (QED) is 0.725. The molecule has 88 valence electrons. The Morgan fingerprint density at radius 1 is 1.69 bits per heavy atom. The predicted molar refractivity (Wildman–Crippen MR) is 62.4 cm³/mol. The minimum atomic E-state index is -0.192. The van der Waals surface area contributed by atoms with Gasteiger partial charge in [0.05, 0.1) is 6.61 Å². The van der Waals surface area contributed by atoms with Gasteiger partial charge in [0, 0.05) is 18.5 Å². The molecule has 0 aliphatic heterocycles. The average Bonchev–Trinajstić information content (AvgIpc) is 2.99. The third-order valence-corrected chi connectivity index (χ3v) is 3.01. The van der Waals surface area contributed by atoms with E-state index in [0.717, 1.165) is 12.5 Å². The molecular formula is C10H15N3O2S. The fourth-order valence-electron chi connectivity index (χ4n) is 1.25. The zero-order valence-electron chi connectivity index (χ0n) is 8.94. The molecule has 1 amide bonds. The van der Waals surface area contributed by atoms with Gasteiger partial charge >= 0.3 is 0 Å².